The van der Waals surface area contributed by atoms with E-state index in [-0.39, 0.29) is 35.4 Å². The fourth-order valence-electron chi connectivity index (χ4n) is 2.80. The molecule has 1 aromatic rings. The van der Waals surface area contributed by atoms with Crippen molar-refractivity contribution in [2.45, 2.75) is 31.7 Å². The molecule has 23 heavy (non-hydrogen) atoms. The van der Waals surface area contributed by atoms with E-state index in [0.29, 0.717) is 0 Å². The molecule has 2 rings (SSSR count). The summed E-state index contributed by atoms with van der Waals surface area (Å²) in [5.41, 5.74) is -0.189. The van der Waals surface area contributed by atoms with Crippen LogP contribution >= 0.6 is 0 Å². The molecule has 1 aliphatic rings. The quantitative estimate of drug-likeness (QED) is 0.650. The Hall–Kier alpha value is -2.00. The summed E-state index contributed by atoms with van der Waals surface area (Å²) in [6.07, 6.45) is 0. The van der Waals surface area contributed by atoms with Gasteiger partial charge in [0.25, 0.3) is 15.7 Å². The van der Waals surface area contributed by atoms with Crippen molar-refractivity contribution < 1.29 is 18.1 Å². The van der Waals surface area contributed by atoms with Crippen LogP contribution in [0.2, 0.25) is 0 Å². The van der Waals surface area contributed by atoms with Crippen LogP contribution in [0, 0.1) is 23.0 Å². The van der Waals surface area contributed by atoms with Gasteiger partial charge < -0.3 is 5.32 Å². The van der Waals surface area contributed by atoms with Gasteiger partial charge in [0, 0.05) is 19.2 Å². The molecule has 1 aromatic carbocycles. The summed E-state index contributed by atoms with van der Waals surface area (Å²) in [4.78, 5) is 22.2. The first-order valence-corrected chi connectivity index (χ1v) is 8.65. The van der Waals surface area contributed by atoms with Crippen molar-refractivity contribution >= 4 is 21.6 Å². The predicted octanol–water partition coefficient (Wildman–Crippen LogP) is 1.05. The molecule has 0 spiro atoms. The second-order valence-electron chi connectivity index (χ2n) is 5.78. The van der Waals surface area contributed by atoms with Crippen molar-refractivity contribution in [3.8, 4) is 0 Å². The third-order valence-corrected chi connectivity index (χ3v) is 5.87. The lowest BCUT2D eigenvalue weighted by Gasteiger charge is -2.36. The number of nitrogens with one attached hydrogen (secondary N) is 1. The minimum Gasteiger partial charge on any atom is -0.353 e. The van der Waals surface area contributed by atoms with Gasteiger partial charge in [-0.1, -0.05) is 26.0 Å². The Morgan fingerprint density at radius 1 is 1.39 bits per heavy atom. The number of carbonyl (C=O) groups excluding carboxylic acids is 1. The highest BCUT2D eigenvalue weighted by molar-refractivity contribution is 7.89. The van der Waals surface area contributed by atoms with Gasteiger partial charge in [-0.15, -0.1) is 0 Å². The van der Waals surface area contributed by atoms with E-state index in [1.165, 1.54) is 19.1 Å². The van der Waals surface area contributed by atoms with Crippen LogP contribution < -0.4 is 5.32 Å². The van der Waals surface area contributed by atoms with Gasteiger partial charge in [0.2, 0.25) is 5.91 Å². The zero-order chi connectivity index (χ0) is 17.4. The van der Waals surface area contributed by atoms with Crippen LogP contribution in [0.3, 0.4) is 0 Å². The third kappa shape index (κ3) is 3.06. The Kier molecular flexibility index (Phi) is 4.71. The second kappa shape index (κ2) is 6.25. The molecule has 0 radical (unpaired) electrons. The van der Waals surface area contributed by atoms with E-state index in [1.807, 2.05) is 0 Å². The number of rotatable bonds is 4. The van der Waals surface area contributed by atoms with Crippen molar-refractivity contribution in [2.75, 3.05) is 13.1 Å². The summed E-state index contributed by atoms with van der Waals surface area (Å²) >= 11 is 0. The smallest absolute Gasteiger partial charge is 0.289 e. The molecule has 0 aromatic heterocycles. The molecule has 126 valence electrons. The van der Waals surface area contributed by atoms with Crippen molar-refractivity contribution in [2.24, 2.45) is 5.92 Å². The Balaban J connectivity index is 2.62. The topological polar surface area (TPSA) is 110 Å². The monoisotopic (exact) mass is 341 g/mol. The molecule has 0 unspecified atom stereocenters. The Labute approximate surface area is 134 Å². The number of amides is 1. The number of sulfonamides is 1. The SMILES string of the molecule is Cc1cccc([N+](=O)[O-])c1S(=O)(=O)N1CCNC(=O)[C@H]1C(C)C. The zero-order valence-corrected chi connectivity index (χ0v) is 14.0. The van der Waals surface area contributed by atoms with E-state index in [1.54, 1.807) is 13.8 Å². The molecule has 9 heteroatoms. The highest BCUT2D eigenvalue weighted by Crippen LogP contribution is 2.32. The minimum absolute atomic E-state index is 0.0857. The molecule has 1 heterocycles. The molecule has 0 bridgehead atoms. The summed E-state index contributed by atoms with van der Waals surface area (Å²) in [5, 5.41) is 13.9. The minimum atomic E-state index is -4.16. The number of hydrogen-bond acceptors (Lipinski definition) is 5. The van der Waals surface area contributed by atoms with Crippen LogP contribution in [-0.2, 0) is 14.8 Å². The summed E-state index contributed by atoms with van der Waals surface area (Å²) in [6, 6.07) is 3.23. The molecular formula is C14H19N3O5S. The Morgan fingerprint density at radius 3 is 2.61 bits per heavy atom. The van der Waals surface area contributed by atoms with E-state index in [2.05, 4.69) is 5.32 Å². The second-order valence-corrected chi connectivity index (χ2v) is 7.60. The number of aryl methyl sites for hydroxylation is 1. The fraction of sp³-hybridized carbons (Fsp3) is 0.500. The Bertz CT molecular complexity index is 745. The van der Waals surface area contributed by atoms with E-state index < -0.39 is 26.7 Å². The molecule has 1 atom stereocenters. The molecule has 8 nitrogen and oxygen atoms in total. The first-order valence-electron chi connectivity index (χ1n) is 7.21. The fourth-order valence-corrected chi connectivity index (χ4v) is 4.89. The van der Waals surface area contributed by atoms with Gasteiger partial charge in [0.05, 0.1) is 4.92 Å². The maximum absolute atomic E-state index is 13.0. The number of nitrogens with zero attached hydrogens (tertiary/aromatic N) is 2. The van der Waals surface area contributed by atoms with Gasteiger partial charge in [-0.25, -0.2) is 8.42 Å². The van der Waals surface area contributed by atoms with Crippen molar-refractivity contribution in [3.63, 3.8) is 0 Å². The largest absolute Gasteiger partial charge is 0.353 e. The maximum atomic E-state index is 13.0. The van der Waals surface area contributed by atoms with Gasteiger partial charge in [0.15, 0.2) is 4.90 Å². The van der Waals surface area contributed by atoms with Gasteiger partial charge in [-0.3, -0.25) is 14.9 Å². The average molecular weight is 341 g/mol. The van der Waals surface area contributed by atoms with Crippen LogP contribution in [0.1, 0.15) is 19.4 Å². The van der Waals surface area contributed by atoms with E-state index in [0.717, 1.165) is 10.4 Å². The average Bonchev–Trinajstić information content (AvgIpc) is 2.45. The number of benzene rings is 1. The zero-order valence-electron chi connectivity index (χ0n) is 13.1. The molecule has 1 aliphatic heterocycles. The number of hydrogen-bond donors (Lipinski definition) is 1. The van der Waals surface area contributed by atoms with Gasteiger partial charge in [-0.05, 0) is 18.4 Å². The summed E-state index contributed by atoms with van der Waals surface area (Å²) in [6.45, 7) is 5.26. The third-order valence-electron chi connectivity index (χ3n) is 3.80. The number of nitro benzene ring substituents is 1. The van der Waals surface area contributed by atoms with Crippen molar-refractivity contribution in [1.82, 2.24) is 9.62 Å². The van der Waals surface area contributed by atoms with Gasteiger partial charge in [-0.2, -0.15) is 4.31 Å². The predicted molar refractivity (Wildman–Crippen MR) is 83.4 cm³/mol. The molecule has 0 aliphatic carbocycles. The molecule has 1 N–H and O–H groups in total. The van der Waals surface area contributed by atoms with Gasteiger partial charge >= 0.3 is 0 Å². The van der Waals surface area contributed by atoms with Crippen LogP contribution in [-0.4, -0.2) is 42.7 Å². The molecule has 1 fully saturated rings. The summed E-state index contributed by atoms with van der Waals surface area (Å²) in [7, 11) is -4.16. The lowest BCUT2D eigenvalue weighted by Crippen LogP contribution is -2.59. The van der Waals surface area contributed by atoms with E-state index in [4.69, 9.17) is 0 Å². The summed E-state index contributed by atoms with van der Waals surface area (Å²) in [5.74, 6) is -0.640. The van der Waals surface area contributed by atoms with Crippen LogP contribution in [0.15, 0.2) is 23.1 Å². The van der Waals surface area contributed by atoms with Crippen molar-refractivity contribution in [3.05, 3.63) is 33.9 Å². The van der Waals surface area contributed by atoms with Crippen LogP contribution in [0.4, 0.5) is 5.69 Å². The number of piperazine rings is 1. The Morgan fingerprint density at radius 2 is 2.04 bits per heavy atom. The molecule has 1 saturated heterocycles. The number of nitro groups is 1. The summed E-state index contributed by atoms with van der Waals surface area (Å²) < 4.78 is 27.1. The van der Waals surface area contributed by atoms with Crippen molar-refractivity contribution in [1.29, 1.82) is 0 Å². The first-order chi connectivity index (χ1) is 10.7. The van der Waals surface area contributed by atoms with E-state index in [9.17, 15) is 23.3 Å². The standard InChI is InChI=1S/C14H19N3O5S/c1-9(2)12-14(18)15-7-8-16(12)23(21,22)13-10(3)5-4-6-11(13)17(19)20/h4-6,9,12H,7-8H2,1-3H3,(H,15,18)/t12-/m1/s1. The lowest BCUT2D eigenvalue weighted by atomic mass is 10.0. The highest BCUT2D eigenvalue weighted by atomic mass is 32.2. The number of carbonyl (C=O) groups is 1. The van der Waals surface area contributed by atoms with Crippen LogP contribution in [0.5, 0.6) is 0 Å². The van der Waals surface area contributed by atoms with Crippen LogP contribution in [0.25, 0.3) is 0 Å². The maximum Gasteiger partial charge on any atom is 0.289 e. The van der Waals surface area contributed by atoms with Gasteiger partial charge in [0.1, 0.15) is 6.04 Å². The lowest BCUT2D eigenvalue weighted by molar-refractivity contribution is -0.388. The normalized spacial score (nSPS) is 19.7. The molecule has 0 saturated carbocycles. The molecular weight excluding hydrogens is 322 g/mol. The molecule has 1 amide bonds. The highest BCUT2D eigenvalue weighted by Gasteiger charge is 2.43. The van der Waals surface area contributed by atoms with E-state index >= 15 is 0 Å². The first kappa shape index (κ1) is 17.4.